The summed E-state index contributed by atoms with van der Waals surface area (Å²) in [5.74, 6) is 0.107. The summed E-state index contributed by atoms with van der Waals surface area (Å²) < 4.78 is 5.69. The maximum Gasteiger partial charge on any atom is 0.222 e. The molecule has 0 saturated carbocycles. The number of carbonyl (C=O) groups excluding carboxylic acids is 1. The average molecular weight is 171 g/mol. The zero-order valence-electron chi connectivity index (χ0n) is 8.02. The molecule has 1 aliphatic heterocycles. The highest BCUT2D eigenvalue weighted by molar-refractivity contribution is 5.77. The van der Waals surface area contributed by atoms with Crippen molar-refractivity contribution in [2.75, 3.05) is 6.54 Å². The molecule has 1 atom stereocenters. The first-order valence-electron chi connectivity index (χ1n) is 4.42. The van der Waals surface area contributed by atoms with Gasteiger partial charge in [-0.15, -0.1) is 0 Å². The van der Waals surface area contributed by atoms with Gasteiger partial charge < -0.3 is 10.1 Å². The maximum absolute atomic E-state index is 11.0. The van der Waals surface area contributed by atoms with Gasteiger partial charge in [0.15, 0.2) is 0 Å². The van der Waals surface area contributed by atoms with E-state index in [1.54, 1.807) is 0 Å². The topological polar surface area (TPSA) is 38.3 Å². The van der Waals surface area contributed by atoms with E-state index in [4.69, 9.17) is 4.74 Å². The van der Waals surface area contributed by atoms with Gasteiger partial charge in [0.25, 0.3) is 0 Å². The molecule has 0 aromatic heterocycles. The van der Waals surface area contributed by atoms with Crippen molar-refractivity contribution in [3.63, 3.8) is 0 Å². The van der Waals surface area contributed by atoms with Crippen LogP contribution in [0.4, 0.5) is 0 Å². The lowest BCUT2D eigenvalue weighted by Crippen LogP contribution is -2.40. The Balaban J connectivity index is 2.37. The van der Waals surface area contributed by atoms with Crippen molar-refractivity contribution in [1.29, 1.82) is 0 Å². The molecule has 3 nitrogen and oxygen atoms in total. The van der Waals surface area contributed by atoms with Crippen LogP contribution in [0.5, 0.6) is 0 Å². The normalized spacial score (nSPS) is 25.2. The first-order valence-corrected chi connectivity index (χ1v) is 4.42. The van der Waals surface area contributed by atoms with E-state index in [-0.39, 0.29) is 17.6 Å². The number of carbonyl (C=O) groups is 1. The van der Waals surface area contributed by atoms with Gasteiger partial charge in [0, 0.05) is 6.54 Å². The van der Waals surface area contributed by atoms with Crippen LogP contribution in [0, 0.1) is 0 Å². The van der Waals surface area contributed by atoms with E-state index in [1.165, 1.54) is 0 Å². The molecule has 0 aromatic rings. The summed E-state index contributed by atoms with van der Waals surface area (Å²) in [6.45, 7) is 6.79. The number of hydrogen-bond acceptors (Lipinski definition) is 2. The van der Waals surface area contributed by atoms with Crippen LogP contribution in [0.2, 0.25) is 0 Å². The first kappa shape index (κ1) is 9.52. The van der Waals surface area contributed by atoms with Gasteiger partial charge in [-0.1, -0.05) is 0 Å². The molecular formula is C9H17NO2. The molecule has 1 aliphatic rings. The SMILES string of the molecule is CC(C)(C)OC1CCNC(=O)C1. The van der Waals surface area contributed by atoms with E-state index in [0.717, 1.165) is 13.0 Å². The molecule has 12 heavy (non-hydrogen) atoms. The van der Waals surface area contributed by atoms with Crippen LogP contribution in [0.25, 0.3) is 0 Å². The Labute approximate surface area is 73.5 Å². The van der Waals surface area contributed by atoms with Crippen molar-refractivity contribution in [3.05, 3.63) is 0 Å². The molecule has 1 unspecified atom stereocenters. The molecule has 1 N–H and O–H groups in total. The second kappa shape index (κ2) is 3.44. The quantitative estimate of drug-likeness (QED) is 0.641. The average Bonchev–Trinajstić information content (AvgIpc) is 1.82. The maximum atomic E-state index is 11.0. The predicted molar refractivity (Wildman–Crippen MR) is 46.9 cm³/mol. The Bertz CT molecular complexity index is 172. The van der Waals surface area contributed by atoms with Crippen LogP contribution in [0.3, 0.4) is 0 Å². The third-order valence-electron chi connectivity index (χ3n) is 1.72. The second-order valence-electron chi connectivity index (χ2n) is 4.19. The van der Waals surface area contributed by atoms with Gasteiger partial charge in [-0.25, -0.2) is 0 Å². The molecule has 0 radical (unpaired) electrons. The van der Waals surface area contributed by atoms with Crippen molar-refractivity contribution in [2.45, 2.75) is 45.3 Å². The fourth-order valence-electron chi connectivity index (χ4n) is 1.35. The number of hydrogen-bond donors (Lipinski definition) is 1. The van der Waals surface area contributed by atoms with Gasteiger partial charge >= 0.3 is 0 Å². The van der Waals surface area contributed by atoms with Crippen molar-refractivity contribution < 1.29 is 9.53 Å². The zero-order chi connectivity index (χ0) is 9.19. The third-order valence-corrected chi connectivity index (χ3v) is 1.72. The van der Waals surface area contributed by atoms with Gasteiger partial charge in [-0.05, 0) is 27.2 Å². The van der Waals surface area contributed by atoms with Crippen molar-refractivity contribution in [2.24, 2.45) is 0 Å². The van der Waals surface area contributed by atoms with Gasteiger partial charge in [0.2, 0.25) is 5.91 Å². The summed E-state index contributed by atoms with van der Waals surface area (Å²) in [6, 6.07) is 0. The van der Waals surface area contributed by atoms with Crippen LogP contribution in [-0.2, 0) is 9.53 Å². The minimum atomic E-state index is -0.137. The summed E-state index contributed by atoms with van der Waals surface area (Å²) in [4.78, 5) is 11.0. The monoisotopic (exact) mass is 171 g/mol. The smallest absolute Gasteiger partial charge is 0.222 e. The van der Waals surface area contributed by atoms with E-state index in [1.807, 2.05) is 20.8 Å². The van der Waals surface area contributed by atoms with Gasteiger partial charge in [-0.3, -0.25) is 4.79 Å². The highest BCUT2D eigenvalue weighted by Gasteiger charge is 2.24. The molecule has 1 rings (SSSR count). The van der Waals surface area contributed by atoms with Crippen LogP contribution >= 0.6 is 0 Å². The molecule has 1 fully saturated rings. The number of nitrogens with one attached hydrogen (secondary N) is 1. The van der Waals surface area contributed by atoms with E-state index in [2.05, 4.69) is 5.32 Å². The van der Waals surface area contributed by atoms with Crippen molar-refractivity contribution in [1.82, 2.24) is 5.32 Å². The van der Waals surface area contributed by atoms with Gasteiger partial charge in [0.05, 0.1) is 18.1 Å². The van der Waals surface area contributed by atoms with E-state index in [9.17, 15) is 4.79 Å². The molecule has 0 spiro atoms. The number of ether oxygens (including phenoxy) is 1. The highest BCUT2D eigenvalue weighted by atomic mass is 16.5. The van der Waals surface area contributed by atoms with E-state index in [0.29, 0.717) is 6.42 Å². The van der Waals surface area contributed by atoms with Gasteiger partial charge in [0.1, 0.15) is 0 Å². The van der Waals surface area contributed by atoms with Gasteiger partial charge in [-0.2, -0.15) is 0 Å². The van der Waals surface area contributed by atoms with Crippen LogP contribution < -0.4 is 5.32 Å². The van der Waals surface area contributed by atoms with Crippen molar-refractivity contribution >= 4 is 5.91 Å². The molecule has 1 heterocycles. The molecule has 1 amide bonds. The molecule has 70 valence electrons. The minimum absolute atomic E-state index is 0.107. The Kier molecular flexibility index (Phi) is 2.73. The lowest BCUT2D eigenvalue weighted by atomic mass is 10.1. The number of piperidine rings is 1. The van der Waals surface area contributed by atoms with E-state index >= 15 is 0 Å². The molecule has 3 heteroatoms. The molecule has 0 aromatic carbocycles. The number of amides is 1. The Morgan fingerprint density at radius 1 is 1.50 bits per heavy atom. The van der Waals surface area contributed by atoms with Crippen LogP contribution in [0.15, 0.2) is 0 Å². The fraction of sp³-hybridized carbons (Fsp3) is 0.889. The predicted octanol–water partition coefficient (Wildman–Crippen LogP) is 1.08. The Morgan fingerprint density at radius 2 is 2.17 bits per heavy atom. The Morgan fingerprint density at radius 3 is 2.67 bits per heavy atom. The van der Waals surface area contributed by atoms with E-state index < -0.39 is 0 Å². The summed E-state index contributed by atoms with van der Waals surface area (Å²) in [6.07, 6.45) is 1.55. The standard InChI is InChI=1S/C9H17NO2/c1-9(2,3)12-7-4-5-10-8(11)6-7/h7H,4-6H2,1-3H3,(H,10,11). The van der Waals surface area contributed by atoms with Crippen LogP contribution in [-0.4, -0.2) is 24.2 Å². The summed E-state index contributed by atoms with van der Waals surface area (Å²) >= 11 is 0. The summed E-state index contributed by atoms with van der Waals surface area (Å²) in [5, 5.41) is 2.78. The van der Waals surface area contributed by atoms with Crippen LogP contribution in [0.1, 0.15) is 33.6 Å². The first-order chi connectivity index (χ1) is 5.47. The fourth-order valence-corrected chi connectivity index (χ4v) is 1.35. The second-order valence-corrected chi connectivity index (χ2v) is 4.19. The summed E-state index contributed by atoms with van der Waals surface area (Å²) in [7, 11) is 0. The third kappa shape index (κ3) is 3.22. The minimum Gasteiger partial charge on any atom is -0.372 e. The lowest BCUT2D eigenvalue weighted by molar-refractivity contribution is -0.131. The summed E-state index contributed by atoms with van der Waals surface area (Å²) in [5.41, 5.74) is -0.137. The Hall–Kier alpha value is -0.570. The number of rotatable bonds is 1. The lowest BCUT2D eigenvalue weighted by Gasteiger charge is -2.29. The molecular weight excluding hydrogens is 154 g/mol. The molecule has 0 aliphatic carbocycles. The zero-order valence-corrected chi connectivity index (χ0v) is 8.02. The highest BCUT2D eigenvalue weighted by Crippen LogP contribution is 2.17. The van der Waals surface area contributed by atoms with Crippen molar-refractivity contribution in [3.8, 4) is 0 Å². The molecule has 1 saturated heterocycles. The molecule has 0 bridgehead atoms. The largest absolute Gasteiger partial charge is 0.372 e.